The Morgan fingerprint density at radius 1 is 0.778 bits per heavy atom. The SMILES string of the molecule is CCCCCCCCCC[N]CC1CCCCC1. The van der Waals surface area contributed by atoms with E-state index >= 15 is 0 Å². The van der Waals surface area contributed by atoms with Crippen LogP contribution in [0.2, 0.25) is 0 Å². The second-order valence-corrected chi connectivity index (χ2v) is 6.11. The molecule has 1 aliphatic rings. The van der Waals surface area contributed by atoms with Crippen LogP contribution in [0.4, 0.5) is 0 Å². The lowest BCUT2D eigenvalue weighted by Gasteiger charge is -2.20. The zero-order valence-corrected chi connectivity index (χ0v) is 12.6. The fraction of sp³-hybridized carbons (Fsp3) is 1.00. The first-order chi connectivity index (χ1) is 8.93. The van der Waals surface area contributed by atoms with Crippen LogP contribution < -0.4 is 5.32 Å². The molecule has 0 atom stereocenters. The number of nitrogens with zero attached hydrogens (tertiary/aromatic N) is 1. The second-order valence-electron chi connectivity index (χ2n) is 6.11. The van der Waals surface area contributed by atoms with E-state index in [0.717, 1.165) is 19.0 Å². The lowest BCUT2D eigenvalue weighted by Crippen LogP contribution is -2.19. The molecule has 0 spiro atoms. The van der Waals surface area contributed by atoms with Crippen molar-refractivity contribution in [1.82, 2.24) is 5.32 Å². The summed E-state index contributed by atoms with van der Waals surface area (Å²) in [5, 5.41) is 4.74. The summed E-state index contributed by atoms with van der Waals surface area (Å²) in [6.07, 6.45) is 18.6. The standard InChI is InChI=1S/C17H34N/c1-2-3-4-5-6-7-8-12-15-18-16-17-13-10-9-11-14-17/h17H,2-16H2,1H3. The number of unbranched alkanes of at least 4 members (excludes halogenated alkanes) is 7. The van der Waals surface area contributed by atoms with Crippen molar-refractivity contribution in [2.45, 2.75) is 90.4 Å². The van der Waals surface area contributed by atoms with E-state index in [1.54, 1.807) is 0 Å². The average molecular weight is 252 g/mol. The number of hydrogen-bond donors (Lipinski definition) is 0. The van der Waals surface area contributed by atoms with Crippen LogP contribution in [0, 0.1) is 5.92 Å². The Kier molecular flexibility index (Phi) is 10.7. The zero-order valence-electron chi connectivity index (χ0n) is 12.6. The summed E-state index contributed by atoms with van der Waals surface area (Å²) in [4.78, 5) is 0. The van der Waals surface area contributed by atoms with Crippen LogP contribution >= 0.6 is 0 Å². The highest BCUT2D eigenvalue weighted by Crippen LogP contribution is 2.22. The Morgan fingerprint density at radius 2 is 1.39 bits per heavy atom. The summed E-state index contributed by atoms with van der Waals surface area (Å²) in [7, 11) is 0. The Balaban J connectivity index is 1.73. The first kappa shape index (κ1) is 16.0. The molecule has 0 unspecified atom stereocenters. The molecule has 0 bridgehead atoms. The third-order valence-corrected chi connectivity index (χ3v) is 4.28. The van der Waals surface area contributed by atoms with Gasteiger partial charge in [0, 0.05) is 13.1 Å². The molecule has 0 aromatic heterocycles. The molecule has 1 heteroatoms. The van der Waals surface area contributed by atoms with Gasteiger partial charge in [0.25, 0.3) is 0 Å². The molecule has 0 N–H and O–H groups in total. The molecule has 107 valence electrons. The Bertz CT molecular complexity index is 161. The van der Waals surface area contributed by atoms with Crippen LogP contribution in [-0.2, 0) is 0 Å². The van der Waals surface area contributed by atoms with Gasteiger partial charge in [-0.2, -0.15) is 0 Å². The van der Waals surface area contributed by atoms with Gasteiger partial charge >= 0.3 is 0 Å². The molecule has 1 aliphatic carbocycles. The van der Waals surface area contributed by atoms with Gasteiger partial charge in [-0.15, -0.1) is 0 Å². The minimum Gasteiger partial charge on any atom is -0.242 e. The normalized spacial score (nSPS) is 17.2. The average Bonchev–Trinajstić information content (AvgIpc) is 2.42. The summed E-state index contributed by atoms with van der Waals surface area (Å²) >= 11 is 0. The van der Waals surface area contributed by atoms with Crippen LogP contribution in [0.1, 0.15) is 90.4 Å². The molecule has 1 nitrogen and oxygen atoms in total. The molecule has 18 heavy (non-hydrogen) atoms. The van der Waals surface area contributed by atoms with Crippen molar-refractivity contribution in [3.8, 4) is 0 Å². The predicted octanol–water partition coefficient (Wildman–Crippen LogP) is 5.31. The molecule has 0 heterocycles. The summed E-state index contributed by atoms with van der Waals surface area (Å²) in [6.45, 7) is 4.58. The second kappa shape index (κ2) is 12.0. The summed E-state index contributed by atoms with van der Waals surface area (Å²) < 4.78 is 0. The van der Waals surface area contributed by atoms with Crippen molar-refractivity contribution in [3.63, 3.8) is 0 Å². The van der Waals surface area contributed by atoms with Gasteiger partial charge in [-0.3, -0.25) is 0 Å². The number of hydrogen-bond acceptors (Lipinski definition) is 0. The van der Waals surface area contributed by atoms with Crippen LogP contribution in [-0.4, -0.2) is 13.1 Å². The van der Waals surface area contributed by atoms with E-state index in [-0.39, 0.29) is 0 Å². The molecule has 0 saturated heterocycles. The van der Waals surface area contributed by atoms with Crippen LogP contribution in [0.25, 0.3) is 0 Å². The van der Waals surface area contributed by atoms with Crippen molar-refractivity contribution >= 4 is 0 Å². The molecule has 0 aliphatic heterocycles. The molecular weight excluding hydrogens is 218 g/mol. The van der Waals surface area contributed by atoms with Gasteiger partial charge in [0.1, 0.15) is 0 Å². The first-order valence-corrected chi connectivity index (χ1v) is 8.56. The fourth-order valence-electron chi connectivity index (χ4n) is 3.00. The van der Waals surface area contributed by atoms with Gasteiger partial charge in [-0.25, -0.2) is 5.32 Å². The van der Waals surface area contributed by atoms with Gasteiger partial charge in [-0.1, -0.05) is 71.1 Å². The molecular formula is C17H34N. The monoisotopic (exact) mass is 252 g/mol. The predicted molar refractivity (Wildman–Crippen MR) is 81.1 cm³/mol. The van der Waals surface area contributed by atoms with E-state index in [2.05, 4.69) is 6.92 Å². The van der Waals surface area contributed by atoms with Crippen molar-refractivity contribution in [2.24, 2.45) is 5.92 Å². The molecule has 1 fully saturated rings. The lowest BCUT2D eigenvalue weighted by atomic mass is 9.89. The van der Waals surface area contributed by atoms with E-state index < -0.39 is 0 Å². The summed E-state index contributed by atoms with van der Waals surface area (Å²) in [5.74, 6) is 0.938. The Morgan fingerprint density at radius 3 is 2.06 bits per heavy atom. The molecule has 0 aromatic carbocycles. The largest absolute Gasteiger partial charge is 0.242 e. The van der Waals surface area contributed by atoms with Crippen LogP contribution in [0.3, 0.4) is 0 Å². The zero-order chi connectivity index (χ0) is 12.9. The molecule has 0 aromatic rings. The van der Waals surface area contributed by atoms with E-state index in [0.29, 0.717) is 0 Å². The van der Waals surface area contributed by atoms with Crippen LogP contribution in [0.5, 0.6) is 0 Å². The van der Waals surface area contributed by atoms with E-state index in [1.807, 2.05) is 0 Å². The third-order valence-electron chi connectivity index (χ3n) is 4.28. The molecule has 0 amide bonds. The van der Waals surface area contributed by atoms with Crippen molar-refractivity contribution in [3.05, 3.63) is 0 Å². The quantitative estimate of drug-likeness (QED) is 0.442. The van der Waals surface area contributed by atoms with E-state index in [1.165, 1.54) is 83.5 Å². The van der Waals surface area contributed by atoms with Crippen LogP contribution in [0.15, 0.2) is 0 Å². The minimum atomic E-state index is 0.938. The molecule has 1 saturated carbocycles. The van der Waals surface area contributed by atoms with Gasteiger partial charge < -0.3 is 0 Å². The molecule has 1 radical (unpaired) electrons. The van der Waals surface area contributed by atoms with Gasteiger partial charge in [0.15, 0.2) is 0 Å². The topological polar surface area (TPSA) is 14.1 Å². The maximum atomic E-state index is 4.74. The Labute approximate surface area is 115 Å². The highest BCUT2D eigenvalue weighted by molar-refractivity contribution is 4.67. The Hall–Kier alpha value is -0.0400. The third kappa shape index (κ3) is 8.97. The maximum Gasteiger partial charge on any atom is 0.0161 e. The number of rotatable bonds is 11. The van der Waals surface area contributed by atoms with E-state index in [9.17, 15) is 0 Å². The molecule has 1 rings (SSSR count). The summed E-state index contributed by atoms with van der Waals surface area (Å²) in [6, 6.07) is 0. The lowest BCUT2D eigenvalue weighted by molar-refractivity contribution is 0.339. The summed E-state index contributed by atoms with van der Waals surface area (Å²) in [5.41, 5.74) is 0. The van der Waals surface area contributed by atoms with Gasteiger partial charge in [0.05, 0.1) is 0 Å². The van der Waals surface area contributed by atoms with Gasteiger partial charge in [0.2, 0.25) is 0 Å². The smallest absolute Gasteiger partial charge is 0.0161 e. The fourth-order valence-corrected chi connectivity index (χ4v) is 3.00. The van der Waals surface area contributed by atoms with Crippen molar-refractivity contribution in [2.75, 3.05) is 13.1 Å². The van der Waals surface area contributed by atoms with E-state index in [4.69, 9.17) is 5.32 Å². The van der Waals surface area contributed by atoms with Crippen molar-refractivity contribution in [1.29, 1.82) is 0 Å². The van der Waals surface area contributed by atoms with Crippen molar-refractivity contribution < 1.29 is 0 Å². The first-order valence-electron chi connectivity index (χ1n) is 8.56. The maximum absolute atomic E-state index is 4.74. The highest BCUT2D eigenvalue weighted by Gasteiger charge is 2.12. The highest BCUT2D eigenvalue weighted by atomic mass is 14.9. The minimum absolute atomic E-state index is 0.938. The van der Waals surface area contributed by atoms with Gasteiger partial charge in [-0.05, 0) is 25.2 Å².